The van der Waals surface area contributed by atoms with Gasteiger partial charge in [-0.15, -0.1) is 0 Å². The predicted octanol–water partition coefficient (Wildman–Crippen LogP) is 13.8. The van der Waals surface area contributed by atoms with Gasteiger partial charge in [-0.2, -0.15) is 0 Å². The van der Waals surface area contributed by atoms with Crippen molar-refractivity contribution in [2.75, 3.05) is 0 Å². The average molecular weight is 714 g/mol. The number of hydrogen-bond donors (Lipinski definition) is 0. The van der Waals surface area contributed by atoms with Gasteiger partial charge >= 0.3 is 0 Å². The van der Waals surface area contributed by atoms with E-state index >= 15 is 0 Å². The van der Waals surface area contributed by atoms with Gasteiger partial charge in [-0.05, 0) is 78.2 Å². The molecule has 0 saturated heterocycles. The fourth-order valence-electron chi connectivity index (χ4n) is 7.80. The summed E-state index contributed by atoms with van der Waals surface area (Å²) in [5, 5.41) is 4.89. The highest BCUT2D eigenvalue weighted by atomic mass is 15.0. The van der Waals surface area contributed by atoms with Crippen LogP contribution < -0.4 is 0 Å². The second kappa shape index (κ2) is 14.4. The standard InChI is InChI=1S/C53H35N3/c1-4-16-36(17-5-1)37-28-30-40(31-29-37)51-54-52(48-27-15-12-23-43(48)38-18-6-2-7-19-38)56-53(55-51)50-35-42(32-33-45(50)39-20-8-3-9-21-39)49-34-41-22-10-11-24-44(41)46-25-13-14-26-47(46)49/h1-35H. The van der Waals surface area contributed by atoms with Gasteiger partial charge in [0.1, 0.15) is 0 Å². The zero-order valence-electron chi connectivity index (χ0n) is 30.5. The summed E-state index contributed by atoms with van der Waals surface area (Å²) in [6.45, 7) is 0. The molecule has 10 aromatic rings. The van der Waals surface area contributed by atoms with E-state index in [4.69, 9.17) is 15.0 Å². The molecule has 0 N–H and O–H groups in total. The molecule has 0 atom stereocenters. The number of fused-ring (bicyclic) bond motifs is 3. The second-order valence-corrected chi connectivity index (χ2v) is 14.0. The third-order valence-electron chi connectivity index (χ3n) is 10.6. The predicted molar refractivity (Wildman–Crippen MR) is 233 cm³/mol. The second-order valence-electron chi connectivity index (χ2n) is 14.0. The van der Waals surface area contributed by atoms with Crippen molar-refractivity contribution < 1.29 is 0 Å². The SMILES string of the molecule is c1ccc(-c2ccc(-c3nc(-c4ccccc4-c4ccccc4)nc(-c4cc(-c5cc6ccccc6c6ccccc56)ccc4-c4ccccc4)n3)cc2)cc1. The summed E-state index contributed by atoms with van der Waals surface area (Å²) in [6, 6.07) is 74.7. The van der Waals surface area contributed by atoms with Crippen LogP contribution in [0.15, 0.2) is 212 Å². The molecular formula is C53H35N3. The molecule has 3 heteroatoms. The van der Waals surface area contributed by atoms with Crippen LogP contribution in [-0.4, -0.2) is 15.0 Å². The summed E-state index contributed by atoms with van der Waals surface area (Å²) >= 11 is 0. The number of aromatic nitrogens is 3. The van der Waals surface area contributed by atoms with Gasteiger partial charge in [0.2, 0.25) is 0 Å². The highest BCUT2D eigenvalue weighted by molar-refractivity contribution is 6.14. The molecule has 9 aromatic carbocycles. The lowest BCUT2D eigenvalue weighted by atomic mass is 9.90. The molecule has 3 nitrogen and oxygen atoms in total. The van der Waals surface area contributed by atoms with Crippen LogP contribution in [0.4, 0.5) is 0 Å². The molecule has 0 fully saturated rings. The molecule has 262 valence electrons. The van der Waals surface area contributed by atoms with Crippen LogP contribution in [0, 0.1) is 0 Å². The van der Waals surface area contributed by atoms with Gasteiger partial charge in [-0.3, -0.25) is 0 Å². The van der Waals surface area contributed by atoms with Crippen LogP contribution in [0.1, 0.15) is 0 Å². The first kappa shape index (κ1) is 33.1. The summed E-state index contributed by atoms with van der Waals surface area (Å²) < 4.78 is 0. The smallest absolute Gasteiger partial charge is 0.164 e. The van der Waals surface area contributed by atoms with E-state index in [1.807, 2.05) is 12.1 Å². The maximum atomic E-state index is 5.36. The van der Waals surface area contributed by atoms with Crippen LogP contribution >= 0.6 is 0 Å². The minimum absolute atomic E-state index is 0.616. The third kappa shape index (κ3) is 6.21. The Morgan fingerprint density at radius 2 is 0.661 bits per heavy atom. The molecule has 0 spiro atoms. The molecule has 0 unspecified atom stereocenters. The maximum Gasteiger partial charge on any atom is 0.164 e. The number of rotatable bonds is 7. The van der Waals surface area contributed by atoms with Gasteiger partial charge in [0.05, 0.1) is 0 Å². The normalized spacial score (nSPS) is 11.2. The molecule has 0 radical (unpaired) electrons. The van der Waals surface area contributed by atoms with Gasteiger partial charge in [-0.25, -0.2) is 15.0 Å². The van der Waals surface area contributed by atoms with E-state index in [2.05, 4.69) is 200 Å². The molecular weight excluding hydrogens is 679 g/mol. The van der Waals surface area contributed by atoms with E-state index in [0.717, 1.165) is 50.1 Å². The topological polar surface area (TPSA) is 38.7 Å². The molecule has 10 rings (SSSR count). The Morgan fingerprint density at radius 1 is 0.214 bits per heavy atom. The van der Waals surface area contributed by atoms with Gasteiger partial charge < -0.3 is 0 Å². The highest BCUT2D eigenvalue weighted by Crippen LogP contribution is 2.40. The zero-order chi connectivity index (χ0) is 37.3. The molecule has 0 aliphatic heterocycles. The van der Waals surface area contributed by atoms with Gasteiger partial charge in [-0.1, -0.05) is 200 Å². The lowest BCUT2D eigenvalue weighted by molar-refractivity contribution is 1.07. The van der Waals surface area contributed by atoms with Crippen molar-refractivity contribution >= 4 is 21.5 Å². The molecule has 1 heterocycles. The van der Waals surface area contributed by atoms with E-state index in [-0.39, 0.29) is 0 Å². The minimum atomic E-state index is 0.616. The molecule has 0 amide bonds. The fourth-order valence-corrected chi connectivity index (χ4v) is 7.80. The lowest BCUT2D eigenvalue weighted by Gasteiger charge is -2.16. The Balaban J connectivity index is 1.22. The molecule has 56 heavy (non-hydrogen) atoms. The summed E-state index contributed by atoms with van der Waals surface area (Å²) in [5.74, 6) is 1.86. The summed E-state index contributed by atoms with van der Waals surface area (Å²) in [6.07, 6.45) is 0. The first-order valence-corrected chi connectivity index (χ1v) is 18.9. The summed E-state index contributed by atoms with van der Waals surface area (Å²) in [7, 11) is 0. The minimum Gasteiger partial charge on any atom is -0.208 e. The first-order chi connectivity index (χ1) is 27.8. The van der Waals surface area contributed by atoms with Crippen molar-refractivity contribution in [1.29, 1.82) is 0 Å². The first-order valence-electron chi connectivity index (χ1n) is 18.9. The van der Waals surface area contributed by atoms with Crippen molar-refractivity contribution in [2.45, 2.75) is 0 Å². The zero-order valence-corrected chi connectivity index (χ0v) is 30.5. The Bertz CT molecular complexity index is 2990. The largest absolute Gasteiger partial charge is 0.208 e. The Kier molecular flexibility index (Phi) is 8.51. The number of hydrogen-bond acceptors (Lipinski definition) is 3. The van der Waals surface area contributed by atoms with Crippen molar-refractivity contribution in [3.8, 4) is 78.7 Å². The Morgan fingerprint density at radius 3 is 1.34 bits per heavy atom. The van der Waals surface area contributed by atoms with Crippen molar-refractivity contribution in [3.05, 3.63) is 212 Å². The van der Waals surface area contributed by atoms with E-state index in [1.165, 1.54) is 32.7 Å². The van der Waals surface area contributed by atoms with Crippen LogP contribution in [-0.2, 0) is 0 Å². The Labute approximate surface area is 326 Å². The van der Waals surface area contributed by atoms with E-state index < -0.39 is 0 Å². The number of benzene rings is 9. The Hall–Kier alpha value is -7.49. The molecule has 0 aliphatic carbocycles. The lowest BCUT2D eigenvalue weighted by Crippen LogP contribution is -2.02. The number of nitrogens with zero attached hydrogens (tertiary/aromatic N) is 3. The monoisotopic (exact) mass is 713 g/mol. The fraction of sp³-hybridized carbons (Fsp3) is 0. The van der Waals surface area contributed by atoms with Gasteiger partial charge in [0.25, 0.3) is 0 Å². The molecule has 0 aliphatic rings. The van der Waals surface area contributed by atoms with Crippen molar-refractivity contribution in [3.63, 3.8) is 0 Å². The van der Waals surface area contributed by atoms with Crippen LogP contribution in [0.3, 0.4) is 0 Å². The molecule has 0 bridgehead atoms. The maximum absolute atomic E-state index is 5.36. The molecule has 0 saturated carbocycles. The molecule has 1 aromatic heterocycles. The van der Waals surface area contributed by atoms with E-state index in [9.17, 15) is 0 Å². The van der Waals surface area contributed by atoms with Gasteiger partial charge in [0.15, 0.2) is 17.5 Å². The highest BCUT2D eigenvalue weighted by Gasteiger charge is 2.20. The quantitative estimate of drug-likeness (QED) is 0.154. The van der Waals surface area contributed by atoms with Crippen LogP contribution in [0.5, 0.6) is 0 Å². The van der Waals surface area contributed by atoms with Crippen LogP contribution in [0.2, 0.25) is 0 Å². The van der Waals surface area contributed by atoms with Crippen molar-refractivity contribution in [1.82, 2.24) is 15.0 Å². The van der Waals surface area contributed by atoms with E-state index in [0.29, 0.717) is 17.5 Å². The summed E-state index contributed by atoms with van der Waals surface area (Å²) in [4.78, 5) is 15.9. The van der Waals surface area contributed by atoms with Crippen LogP contribution in [0.25, 0.3) is 100 Å². The van der Waals surface area contributed by atoms with Crippen molar-refractivity contribution in [2.24, 2.45) is 0 Å². The average Bonchev–Trinajstić information content (AvgIpc) is 3.29. The summed E-state index contributed by atoms with van der Waals surface area (Å²) in [5.41, 5.74) is 11.7. The third-order valence-corrected chi connectivity index (χ3v) is 10.6. The van der Waals surface area contributed by atoms with Gasteiger partial charge in [0, 0.05) is 16.7 Å². The van der Waals surface area contributed by atoms with E-state index in [1.54, 1.807) is 0 Å².